The quantitative estimate of drug-likeness (QED) is 0.313. The van der Waals surface area contributed by atoms with E-state index < -0.39 is 0 Å². The molecule has 0 rings (SSSR count). The van der Waals surface area contributed by atoms with Crippen molar-refractivity contribution < 1.29 is 84.5 Å². The van der Waals surface area contributed by atoms with Crippen molar-refractivity contribution >= 4 is 26.2 Å². The van der Waals surface area contributed by atoms with E-state index in [4.69, 9.17) is 0 Å². The molecule has 7 heavy (non-hydrogen) atoms. The van der Waals surface area contributed by atoms with Crippen LogP contribution in [0.25, 0.3) is 0 Å². The van der Waals surface area contributed by atoms with Crippen LogP contribution in [0.4, 0.5) is 0 Å². The molecule has 0 aromatic carbocycles. The minimum absolute atomic E-state index is 0. The van der Waals surface area contributed by atoms with E-state index in [2.05, 4.69) is 0 Å². The average molecular weight is 476 g/mol. The molecule has 0 unspecified atom stereocenters. The summed E-state index contributed by atoms with van der Waals surface area (Å²) in [5.41, 5.74) is 0. The van der Waals surface area contributed by atoms with E-state index in [1.807, 2.05) is 0 Å². The first-order chi connectivity index (χ1) is 0. The summed E-state index contributed by atoms with van der Waals surface area (Å²) in [5.74, 6) is 0. The van der Waals surface area contributed by atoms with Gasteiger partial charge in [0.15, 0.2) is 0 Å². The Labute approximate surface area is 109 Å². The maximum absolute atomic E-state index is 0. The number of hydrogen-bond acceptors (Lipinski definition) is 0. The van der Waals surface area contributed by atoms with Crippen molar-refractivity contribution in [3.63, 3.8) is 0 Å². The van der Waals surface area contributed by atoms with Gasteiger partial charge in [-0.2, -0.15) is 0 Å². The molecule has 0 saturated heterocycles. The van der Waals surface area contributed by atoms with Gasteiger partial charge in [0.1, 0.15) is 0 Å². The summed E-state index contributed by atoms with van der Waals surface area (Å²) in [6, 6.07) is 0. The van der Waals surface area contributed by atoms with E-state index in [-0.39, 0.29) is 111 Å². The van der Waals surface area contributed by atoms with E-state index in [0.717, 1.165) is 0 Å². The van der Waals surface area contributed by atoms with Crippen LogP contribution in [-0.4, -0.2) is 48.1 Å². The van der Waals surface area contributed by atoms with Crippen molar-refractivity contribution in [2.24, 2.45) is 0 Å². The molecule has 0 atom stereocenters. The normalized spacial score (nSPS) is 0. The maximum atomic E-state index is 0. The molecule has 0 fully saturated rings. The van der Waals surface area contributed by atoms with Crippen LogP contribution in [0.3, 0.4) is 0 Å². The van der Waals surface area contributed by atoms with E-state index in [0.29, 0.717) is 0 Å². The molecule has 0 spiro atoms. The SMILES string of the molecule is O.O.O.O.[BiH3].[Nd].[Ti]. The van der Waals surface area contributed by atoms with Gasteiger partial charge >= 0.3 is 26.2 Å². The molecule has 8 N–H and O–H groups in total. The van der Waals surface area contributed by atoms with Crippen molar-refractivity contribution in [1.29, 1.82) is 0 Å². The van der Waals surface area contributed by atoms with E-state index in [9.17, 15) is 0 Å². The van der Waals surface area contributed by atoms with E-state index in [1.165, 1.54) is 0 Å². The molecule has 0 aromatic rings. The molecule has 0 aromatic heterocycles. The summed E-state index contributed by atoms with van der Waals surface area (Å²) in [5, 5.41) is 0. The summed E-state index contributed by atoms with van der Waals surface area (Å²) >= 11 is 0. The Morgan fingerprint density at radius 2 is 0.571 bits per heavy atom. The Balaban J connectivity index is 0. The molecule has 7 heteroatoms. The average Bonchev–Trinajstić information content (AvgIpc) is 0. The molecule has 0 bridgehead atoms. The minimum Gasteiger partial charge on any atom is 0 e. The minimum atomic E-state index is 0. The van der Waals surface area contributed by atoms with E-state index in [1.54, 1.807) is 0 Å². The van der Waals surface area contributed by atoms with Crippen LogP contribution < -0.4 is 0 Å². The molecule has 0 aliphatic heterocycles. The van der Waals surface area contributed by atoms with Crippen LogP contribution in [0, 0.1) is 40.8 Å². The predicted octanol–water partition coefficient (Wildman–Crippen LogP) is -4.49. The Morgan fingerprint density at radius 3 is 0.571 bits per heavy atom. The first-order valence-corrected chi connectivity index (χ1v) is 0. The molecular formula is H11BiNdO4Ti. The molecule has 0 saturated carbocycles. The van der Waals surface area contributed by atoms with Gasteiger partial charge in [-0.1, -0.05) is 0 Å². The van der Waals surface area contributed by atoms with Crippen molar-refractivity contribution in [3.05, 3.63) is 0 Å². The largest absolute Gasteiger partial charge is 0 e. The monoisotopic (exact) mass is 474 g/mol. The first kappa shape index (κ1) is 97.2. The Morgan fingerprint density at radius 1 is 0.571 bits per heavy atom. The standard InChI is InChI=1S/Bi.Nd.4H2O.Ti.3H/h;;4*1H2;;;;. The van der Waals surface area contributed by atoms with Crippen molar-refractivity contribution in [3.8, 4) is 0 Å². The zero-order chi connectivity index (χ0) is 0. The number of hydrogen-bond donors (Lipinski definition) is 0. The molecule has 0 aliphatic rings. The molecule has 0 heterocycles. The van der Waals surface area contributed by atoms with Crippen molar-refractivity contribution in [1.82, 2.24) is 0 Å². The fourth-order valence-corrected chi connectivity index (χ4v) is 0. The third-order valence-electron chi connectivity index (χ3n) is 0. The Hall–Kier alpha value is 2.79. The Kier molecular flexibility index (Phi) is 953. The molecule has 48 valence electrons. The summed E-state index contributed by atoms with van der Waals surface area (Å²) in [4.78, 5) is 0. The van der Waals surface area contributed by atoms with Crippen LogP contribution in [0.15, 0.2) is 0 Å². The molecule has 4 nitrogen and oxygen atoms in total. The Bertz CT molecular complexity index is 11.7. The molecule has 0 amide bonds. The van der Waals surface area contributed by atoms with Crippen LogP contribution in [0.5, 0.6) is 0 Å². The fraction of sp³-hybridized carbons (Fsp3) is 0. The topological polar surface area (TPSA) is 126 Å². The zero-order valence-electron chi connectivity index (χ0n) is 3.71. The van der Waals surface area contributed by atoms with Gasteiger partial charge in [-0.15, -0.1) is 0 Å². The predicted molar refractivity (Wildman–Crippen MR) is 24.4 cm³/mol. The van der Waals surface area contributed by atoms with Gasteiger partial charge in [-0.3, -0.25) is 0 Å². The van der Waals surface area contributed by atoms with Gasteiger partial charge in [0.2, 0.25) is 0 Å². The third-order valence-corrected chi connectivity index (χ3v) is 0. The summed E-state index contributed by atoms with van der Waals surface area (Å²) in [6.45, 7) is 0. The maximum Gasteiger partial charge on any atom is 0 e. The second kappa shape index (κ2) is 68.6. The van der Waals surface area contributed by atoms with Gasteiger partial charge in [0, 0.05) is 62.6 Å². The van der Waals surface area contributed by atoms with Gasteiger partial charge < -0.3 is 21.9 Å². The van der Waals surface area contributed by atoms with Crippen molar-refractivity contribution in [2.75, 3.05) is 0 Å². The molecule has 0 radical (unpaired) electrons. The fourth-order valence-electron chi connectivity index (χ4n) is 0. The van der Waals surface area contributed by atoms with Crippen LogP contribution in [0.2, 0.25) is 0 Å². The van der Waals surface area contributed by atoms with Gasteiger partial charge in [0.05, 0.1) is 0 Å². The second-order valence-electron chi connectivity index (χ2n) is 0. The second-order valence-corrected chi connectivity index (χ2v) is 0. The van der Waals surface area contributed by atoms with Crippen LogP contribution in [-0.2, 0) is 21.7 Å². The number of rotatable bonds is 0. The molecular weight excluding hydrogens is 465 g/mol. The third kappa shape index (κ3) is 52.1. The summed E-state index contributed by atoms with van der Waals surface area (Å²) in [6.07, 6.45) is 0. The van der Waals surface area contributed by atoms with Gasteiger partial charge in [-0.05, 0) is 0 Å². The van der Waals surface area contributed by atoms with Gasteiger partial charge in [-0.25, -0.2) is 0 Å². The molecule has 0 aliphatic carbocycles. The zero-order valence-corrected chi connectivity index (χ0v) is 14.0. The van der Waals surface area contributed by atoms with E-state index >= 15 is 0 Å². The smallest absolute Gasteiger partial charge is 0 e. The van der Waals surface area contributed by atoms with Gasteiger partial charge in [0.25, 0.3) is 0 Å². The first-order valence-electron chi connectivity index (χ1n) is 0. The van der Waals surface area contributed by atoms with Crippen LogP contribution >= 0.6 is 0 Å². The summed E-state index contributed by atoms with van der Waals surface area (Å²) < 4.78 is 0. The van der Waals surface area contributed by atoms with Crippen LogP contribution in [0.1, 0.15) is 0 Å². The summed E-state index contributed by atoms with van der Waals surface area (Å²) in [7, 11) is 0. The van der Waals surface area contributed by atoms with Crippen molar-refractivity contribution in [2.45, 2.75) is 0 Å².